The fraction of sp³-hybridized carbons (Fsp3) is 0.500. The Hall–Kier alpha value is -2.38. The second-order valence-electron chi connectivity index (χ2n) is 7.15. The van der Waals surface area contributed by atoms with Crippen LogP contribution in [0.3, 0.4) is 0 Å². The number of aliphatic hydroxyl groups excluding tert-OH is 1. The van der Waals surface area contributed by atoms with Gasteiger partial charge in [-0.1, -0.05) is 12.1 Å². The van der Waals surface area contributed by atoms with Crippen LogP contribution in [-0.2, 0) is 4.74 Å². The summed E-state index contributed by atoms with van der Waals surface area (Å²) < 4.78 is 11.6. The van der Waals surface area contributed by atoms with Crippen molar-refractivity contribution in [3.8, 4) is 5.75 Å². The van der Waals surface area contributed by atoms with Crippen molar-refractivity contribution in [3.05, 3.63) is 41.6 Å². The maximum Gasteiger partial charge on any atom is 0.224 e. The molecule has 27 heavy (non-hydrogen) atoms. The summed E-state index contributed by atoms with van der Waals surface area (Å²) >= 11 is 0. The molecule has 0 aliphatic carbocycles. The van der Waals surface area contributed by atoms with Crippen LogP contribution in [0.1, 0.15) is 23.6 Å². The maximum absolute atomic E-state index is 9.07. The lowest BCUT2D eigenvalue weighted by atomic mass is 10.0. The van der Waals surface area contributed by atoms with Gasteiger partial charge in [0.25, 0.3) is 0 Å². The molecule has 0 radical (unpaired) electrons. The van der Waals surface area contributed by atoms with Gasteiger partial charge in [0.1, 0.15) is 17.7 Å². The Morgan fingerprint density at radius 3 is 2.93 bits per heavy atom. The smallest absolute Gasteiger partial charge is 0.224 e. The Kier molecular flexibility index (Phi) is 5.40. The van der Waals surface area contributed by atoms with E-state index in [0.29, 0.717) is 25.0 Å². The van der Waals surface area contributed by atoms with Crippen molar-refractivity contribution < 1.29 is 14.6 Å². The Balaban J connectivity index is 1.44. The molecule has 4 rings (SSSR count). The molecule has 0 bridgehead atoms. The molecule has 2 aromatic rings. The molecule has 1 atom stereocenters. The summed E-state index contributed by atoms with van der Waals surface area (Å²) in [5.41, 5.74) is 2.20. The van der Waals surface area contributed by atoms with Crippen molar-refractivity contribution in [2.24, 2.45) is 0 Å². The first-order valence-electron chi connectivity index (χ1n) is 9.51. The number of aromatic nitrogens is 2. The predicted molar refractivity (Wildman–Crippen MR) is 104 cm³/mol. The summed E-state index contributed by atoms with van der Waals surface area (Å²) in [6.07, 6.45) is 1.14. The highest BCUT2D eigenvalue weighted by atomic mass is 16.5. The van der Waals surface area contributed by atoms with Crippen LogP contribution in [0, 0.1) is 6.92 Å². The van der Waals surface area contributed by atoms with E-state index in [-0.39, 0.29) is 12.7 Å². The molecule has 1 aromatic heterocycles. The van der Waals surface area contributed by atoms with E-state index >= 15 is 0 Å². The van der Waals surface area contributed by atoms with Crippen LogP contribution in [-0.4, -0.2) is 60.6 Å². The molecule has 7 nitrogen and oxygen atoms in total. The molecular formula is C20H26N4O3. The Morgan fingerprint density at radius 1 is 1.30 bits per heavy atom. The number of ether oxygens (including phenoxy) is 2. The van der Waals surface area contributed by atoms with Crippen molar-refractivity contribution in [2.75, 3.05) is 49.7 Å². The number of benzene rings is 1. The van der Waals surface area contributed by atoms with E-state index < -0.39 is 0 Å². The summed E-state index contributed by atoms with van der Waals surface area (Å²) in [5, 5.41) is 12.2. The summed E-state index contributed by atoms with van der Waals surface area (Å²) in [6.45, 7) is 5.62. The zero-order valence-corrected chi connectivity index (χ0v) is 15.6. The summed E-state index contributed by atoms with van der Waals surface area (Å²) in [7, 11) is 0. The Labute approximate surface area is 159 Å². The van der Waals surface area contributed by atoms with E-state index in [1.165, 1.54) is 5.56 Å². The minimum Gasteiger partial charge on any atom is -0.487 e. The molecule has 0 saturated carbocycles. The number of nitrogens with one attached hydrogen (secondary N) is 1. The second kappa shape index (κ2) is 8.10. The quantitative estimate of drug-likeness (QED) is 0.771. The molecule has 0 amide bonds. The van der Waals surface area contributed by atoms with Gasteiger partial charge in [-0.25, -0.2) is 4.98 Å². The van der Waals surface area contributed by atoms with Crippen molar-refractivity contribution in [3.63, 3.8) is 0 Å². The molecule has 0 spiro atoms. The van der Waals surface area contributed by atoms with Crippen LogP contribution < -0.4 is 15.0 Å². The molecule has 2 aliphatic rings. The molecule has 2 fully saturated rings. The van der Waals surface area contributed by atoms with E-state index in [2.05, 4.69) is 45.3 Å². The minimum absolute atomic E-state index is 0.0472. The van der Waals surface area contributed by atoms with Crippen LogP contribution in [0.25, 0.3) is 0 Å². The normalized spacial score (nSPS) is 19.8. The largest absolute Gasteiger partial charge is 0.487 e. The fourth-order valence-electron chi connectivity index (χ4n) is 3.42. The zero-order chi connectivity index (χ0) is 18.6. The summed E-state index contributed by atoms with van der Waals surface area (Å²) in [4.78, 5) is 11.4. The highest BCUT2D eigenvalue weighted by molar-refractivity contribution is 5.48. The van der Waals surface area contributed by atoms with E-state index in [1.54, 1.807) is 0 Å². The topological polar surface area (TPSA) is 79.7 Å². The molecule has 2 N–H and O–H groups in total. The van der Waals surface area contributed by atoms with Gasteiger partial charge in [-0.3, -0.25) is 0 Å². The molecule has 1 aromatic carbocycles. The van der Waals surface area contributed by atoms with Crippen molar-refractivity contribution >= 4 is 11.8 Å². The lowest BCUT2D eigenvalue weighted by Gasteiger charge is -2.40. The van der Waals surface area contributed by atoms with Gasteiger partial charge in [0.2, 0.25) is 5.95 Å². The van der Waals surface area contributed by atoms with Gasteiger partial charge in [-0.2, -0.15) is 4.98 Å². The van der Waals surface area contributed by atoms with Gasteiger partial charge in [0.05, 0.1) is 32.0 Å². The van der Waals surface area contributed by atoms with Gasteiger partial charge in [0.15, 0.2) is 0 Å². The predicted octanol–water partition coefficient (Wildman–Crippen LogP) is 1.96. The van der Waals surface area contributed by atoms with Crippen molar-refractivity contribution in [2.45, 2.75) is 25.4 Å². The number of aliphatic hydroxyl groups is 1. The van der Waals surface area contributed by atoms with Gasteiger partial charge >= 0.3 is 0 Å². The molecule has 3 heterocycles. The molecule has 0 unspecified atom stereocenters. The van der Waals surface area contributed by atoms with E-state index in [9.17, 15) is 0 Å². The first kappa shape index (κ1) is 18.0. The van der Waals surface area contributed by atoms with Gasteiger partial charge in [0, 0.05) is 25.1 Å². The van der Waals surface area contributed by atoms with Crippen LogP contribution in [0.15, 0.2) is 30.3 Å². The van der Waals surface area contributed by atoms with E-state index in [0.717, 1.165) is 43.4 Å². The highest BCUT2D eigenvalue weighted by Gasteiger charge is 2.31. The lowest BCUT2D eigenvalue weighted by molar-refractivity contribution is 0.166. The first-order chi connectivity index (χ1) is 13.2. The maximum atomic E-state index is 9.07. The number of rotatable bonds is 7. The van der Waals surface area contributed by atoms with Crippen LogP contribution in [0.4, 0.5) is 11.8 Å². The van der Waals surface area contributed by atoms with E-state index in [1.807, 2.05) is 12.1 Å². The first-order valence-corrected chi connectivity index (χ1v) is 9.51. The molecular weight excluding hydrogens is 344 g/mol. The Morgan fingerprint density at radius 2 is 2.19 bits per heavy atom. The molecule has 2 saturated heterocycles. The SMILES string of the molecule is Cc1cccc(OC2CN(c3cc([C@H]4CCOC4)nc(NCCO)n3)C2)c1. The second-order valence-corrected chi connectivity index (χ2v) is 7.15. The number of aryl methyl sites for hydroxylation is 1. The van der Waals surface area contributed by atoms with Gasteiger partial charge in [-0.15, -0.1) is 0 Å². The number of anilines is 2. The monoisotopic (exact) mass is 370 g/mol. The third kappa shape index (κ3) is 4.31. The zero-order valence-electron chi connectivity index (χ0n) is 15.6. The van der Waals surface area contributed by atoms with Gasteiger partial charge in [-0.05, 0) is 31.0 Å². The van der Waals surface area contributed by atoms with Crippen molar-refractivity contribution in [1.82, 2.24) is 9.97 Å². The van der Waals surface area contributed by atoms with Crippen LogP contribution in [0.2, 0.25) is 0 Å². The third-order valence-electron chi connectivity index (χ3n) is 4.94. The molecule has 7 heteroatoms. The lowest BCUT2D eigenvalue weighted by Crippen LogP contribution is -2.54. The average Bonchev–Trinajstić information content (AvgIpc) is 3.17. The molecule has 144 valence electrons. The van der Waals surface area contributed by atoms with Crippen LogP contribution in [0.5, 0.6) is 5.75 Å². The molecule has 2 aliphatic heterocycles. The number of nitrogens with zero attached hydrogens (tertiary/aromatic N) is 3. The standard InChI is InChI=1S/C20H26N4O3/c1-14-3-2-4-16(9-14)27-17-11-24(12-17)19-10-18(15-5-8-26-13-15)22-20(23-19)21-6-7-25/h2-4,9-10,15,17,25H,5-8,11-13H2,1H3,(H,21,22,23)/t15-/m0/s1. The number of hydrogen-bond acceptors (Lipinski definition) is 7. The van der Waals surface area contributed by atoms with Crippen LogP contribution >= 0.6 is 0 Å². The number of hydrogen-bond donors (Lipinski definition) is 2. The summed E-state index contributed by atoms with van der Waals surface area (Å²) in [5.74, 6) is 2.68. The average molecular weight is 370 g/mol. The summed E-state index contributed by atoms with van der Waals surface area (Å²) in [6, 6.07) is 10.2. The highest BCUT2D eigenvalue weighted by Crippen LogP contribution is 2.29. The third-order valence-corrected chi connectivity index (χ3v) is 4.94. The Bertz CT molecular complexity index is 774. The van der Waals surface area contributed by atoms with Gasteiger partial charge < -0.3 is 24.8 Å². The minimum atomic E-state index is 0.0472. The van der Waals surface area contributed by atoms with Crippen molar-refractivity contribution in [1.29, 1.82) is 0 Å². The van der Waals surface area contributed by atoms with E-state index in [4.69, 9.17) is 14.6 Å². The fourth-order valence-corrected chi connectivity index (χ4v) is 3.42.